The molecule has 0 spiro atoms. The maximum atomic E-state index is 2.24. The molecule has 0 aliphatic heterocycles. The summed E-state index contributed by atoms with van der Waals surface area (Å²) in [5, 5.41) is 0. The van der Waals surface area contributed by atoms with Gasteiger partial charge in [0.2, 0.25) is 0 Å². The third kappa shape index (κ3) is 2.87. The predicted octanol–water partition coefficient (Wildman–Crippen LogP) is 1.41. The van der Waals surface area contributed by atoms with Gasteiger partial charge in [0.05, 0.1) is 0 Å². The molecule has 0 saturated carbocycles. The zero-order chi connectivity index (χ0) is 6.10. The van der Waals surface area contributed by atoms with Crippen LogP contribution >= 0.6 is 0 Å². The van der Waals surface area contributed by atoms with Crippen molar-refractivity contribution in [3.63, 3.8) is 0 Å². The third-order valence-electron chi connectivity index (χ3n) is 2.01. The normalized spacial score (nSPS) is 12.7. The zero-order valence-electron chi connectivity index (χ0n) is 7.43. The fourth-order valence-corrected chi connectivity index (χ4v) is 1.51. The molecule has 1 aliphatic rings. The maximum absolute atomic E-state index is 2.24. The van der Waals surface area contributed by atoms with Crippen molar-refractivity contribution < 1.29 is 0 Å². The summed E-state index contributed by atoms with van der Waals surface area (Å²) in [6.07, 6.45) is 3.96. The van der Waals surface area contributed by atoms with Gasteiger partial charge in [-0.05, 0) is 30.4 Å². The second kappa shape index (κ2) is 5.80. The van der Waals surface area contributed by atoms with Crippen LogP contribution in [0.4, 0.5) is 0 Å². The van der Waals surface area contributed by atoms with E-state index in [1.54, 1.807) is 11.1 Å². The number of rotatable bonds is 0. The van der Waals surface area contributed by atoms with Crippen LogP contribution in [0, 0.1) is 0 Å². The van der Waals surface area contributed by atoms with Crippen molar-refractivity contribution in [1.82, 2.24) is 0 Å². The van der Waals surface area contributed by atoms with Crippen LogP contribution in [0.1, 0.15) is 17.5 Å². The van der Waals surface area contributed by atoms with E-state index >= 15 is 0 Å². The molecule has 0 bridgehead atoms. The van der Waals surface area contributed by atoms with Gasteiger partial charge in [-0.3, -0.25) is 0 Å². The van der Waals surface area contributed by atoms with E-state index in [4.69, 9.17) is 0 Å². The average Bonchev–Trinajstić information content (AvgIpc) is 2.33. The number of aryl methyl sites for hydroxylation is 2. The van der Waals surface area contributed by atoms with Gasteiger partial charge in [0, 0.05) is 59.1 Å². The molecule has 1 aliphatic carbocycles. The van der Waals surface area contributed by atoms with Crippen molar-refractivity contribution in [3.05, 3.63) is 35.4 Å². The molecule has 0 amide bonds. The summed E-state index contributed by atoms with van der Waals surface area (Å²) in [6, 6.07) is 8.74. The van der Waals surface area contributed by atoms with Crippen molar-refractivity contribution >= 4 is 59.1 Å². The zero-order valence-corrected chi connectivity index (χ0v) is 11.4. The number of hydrogen-bond acceptors (Lipinski definition) is 0. The monoisotopic (exact) mass is 164 g/mol. The Morgan fingerprint density at radius 3 is 1.73 bits per heavy atom. The van der Waals surface area contributed by atoms with Gasteiger partial charge < -0.3 is 0 Å². The van der Waals surface area contributed by atoms with Crippen LogP contribution in [0.15, 0.2) is 24.3 Å². The maximum Gasteiger partial charge on any atom is 0 e. The van der Waals surface area contributed by atoms with Gasteiger partial charge in [-0.1, -0.05) is 24.3 Å². The number of hydrogen-bond donors (Lipinski definition) is 0. The number of fused-ring (bicyclic) bond motifs is 1. The SMILES string of the molecule is [Na].[Na].c1ccc2c(c1)CCC2. The largest absolute Gasteiger partial charge is 0.0620 e. The summed E-state index contributed by atoms with van der Waals surface area (Å²) in [5.74, 6) is 0. The van der Waals surface area contributed by atoms with Gasteiger partial charge in [-0.25, -0.2) is 0 Å². The second-order valence-electron chi connectivity index (χ2n) is 2.62. The fraction of sp³-hybridized carbons (Fsp3) is 0.333. The third-order valence-corrected chi connectivity index (χ3v) is 2.01. The van der Waals surface area contributed by atoms with Crippen molar-refractivity contribution in [1.29, 1.82) is 0 Å². The molecule has 0 unspecified atom stereocenters. The van der Waals surface area contributed by atoms with Crippen LogP contribution in [-0.2, 0) is 12.8 Å². The topological polar surface area (TPSA) is 0 Å². The first-order valence-corrected chi connectivity index (χ1v) is 3.53. The standard InChI is InChI=1S/C9H10.2Na/c1-2-5-9-7-3-6-8(9)4-1;;/h1-2,4-5H,3,6-7H2;;. The summed E-state index contributed by atoms with van der Waals surface area (Å²) in [4.78, 5) is 0. The Morgan fingerprint density at radius 1 is 0.818 bits per heavy atom. The van der Waals surface area contributed by atoms with E-state index in [-0.39, 0.29) is 59.1 Å². The van der Waals surface area contributed by atoms with Gasteiger partial charge in [0.15, 0.2) is 0 Å². The van der Waals surface area contributed by atoms with Crippen LogP contribution < -0.4 is 0 Å². The minimum absolute atomic E-state index is 0. The molecule has 0 saturated heterocycles. The van der Waals surface area contributed by atoms with Gasteiger partial charge in [0.1, 0.15) is 0 Å². The second-order valence-corrected chi connectivity index (χ2v) is 2.62. The van der Waals surface area contributed by atoms with E-state index in [9.17, 15) is 0 Å². The smallest absolute Gasteiger partial charge is 0 e. The van der Waals surface area contributed by atoms with Crippen molar-refractivity contribution in [2.75, 3.05) is 0 Å². The Hall–Kier alpha value is 1.22. The van der Waals surface area contributed by atoms with Crippen molar-refractivity contribution in [3.8, 4) is 0 Å². The van der Waals surface area contributed by atoms with E-state index < -0.39 is 0 Å². The van der Waals surface area contributed by atoms with Crippen LogP contribution in [0.25, 0.3) is 0 Å². The molecule has 0 N–H and O–H groups in total. The van der Waals surface area contributed by atoms with E-state index in [0.717, 1.165) is 0 Å². The van der Waals surface area contributed by atoms with E-state index in [2.05, 4.69) is 24.3 Å². The molecule has 0 aromatic heterocycles. The summed E-state index contributed by atoms with van der Waals surface area (Å²) in [6.45, 7) is 0. The molecule has 0 fully saturated rings. The molecule has 2 radical (unpaired) electrons. The molecule has 2 rings (SSSR count). The molecule has 0 atom stereocenters. The Kier molecular flexibility index (Phi) is 6.44. The first-order valence-electron chi connectivity index (χ1n) is 3.53. The van der Waals surface area contributed by atoms with Gasteiger partial charge in [-0.2, -0.15) is 0 Å². The van der Waals surface area contributed by atoms with Gasteiger partial charge >= 0.3 is 0 Å². The van der Waals surface area contributed by atoms with Crippen LogP contribution in [0.2, 0.25) is 0 Å². The Bertz CT molecular complexity index is 198. The Morgan fingerprint density at radius 2 is 1.27 bits per heavy atom. The molecule has 0 heterocycles. The predicted molar refractivity (Wildman–Crippen MR) is 50.0 cm³/mol. The summed E-state index contributed by atoms with van der Waals surface area (Å²) in [5.41, 5.74) is 3.13. The van der Waals surface area contributed by atoms with E-state index in [1.165, 1.54) is 19.3 Å². The van der Waals surface area contributed by atoms with Crippen LogP contribution in [0.5, 0.6) is 0 Å². The Balaban J connectivity index is 0.000000500. The molecule has 1 aromatic rings. The fourth-order valence-electron chi connectivity index (χ4n) is 1.51. The van der Waals surface area contributed by atoms with Crippen molar-refractivity contribution in [2.24, 2.45) is 0 Å². The average molecular weight is 164 g/mol. The minimum atomic E-state index is 0. The van der Waals surface area contributed by atoms with Gasteiger partial charge in [-0.15, -0.1) is 0 Å². The number of benzene rings is 1. The molecule has 11 heavy (non-hydrogen) atoms. The summed E-state index contributed by atoms with van der Waals surface area (Å²) in [7, 11) is 0. The Labute approximate surface area is 112 Å². The molecule has 2 heteroatoms. The molecular weight excluding hydrogens is 154 g/mol. The van der Waals surface area contributed by atoms with E-state index in [0.29, 0.717) is 0 Å². The molecular formula is C9H10Na2. The minimum Gasteiger partial charge on any atom is -0.0620 e. The molecule has 0 nitrogen and oxygen atoms in total. The van der Waals surface area contributed by atoms with E-state index in [1.807, 2.05) is 0 Å². The molecule has 1 aromatic carbocycles. The van der Waals surface area contributed by atoms with Crippen LogP contribution in [0.3, 0.4) is 0 Å². The van der Waals surface area contributed by atoms with Crippen LogP contribution in [-0.4, -0.2) is 59.1 Å². The first kappa shape index (κ1) is 12.2. The molecule has 48 valence electrons. The first-order chi connectivity index (χ1) is 4.47. The van der Waals surface area contributed by atoms with Gasteiger partial charge in [0.25, 0.3) is 0 Å². The summed E-state index contributed by atoms with van der Waals surface area (Å²) >= 11 is 0. The quantitative estimate of drug-likeness (QED) is 0.508. The summed E-state index contributed by atoms with van der Waals surface area (Å²) < 4.78 is 0. The van der Waals surface area contributed by atoms with Crippen molar-refractivity contribution in [2.45, 2.75) is 19.3 Å².